The minimum atomic E-state index is -2.58. The first kappa shape index (κ1) is 14.4. The quantitative estimate of drug-likeness (QED) is 0.667. The lowest BCUT2D eigenvalue weighted by Crippen LogP contribution is -2.37. The number of furan rings is 1. The van der Waals surface area contributed by atoms with Crippen molar-refractivity contribution in [2.75, 3.05) is 0 Å². The molecule has 0 amide bonds. The van der Waals surface area contributed by atoms with Crippen LogP contribution in [0.5, 0.6) is 0 Å². The highest BCUT2D eigenvalue weighted by molar-refractivity contribution is 5.78. The molecule has 1 heterocycles. The maximum absolute atomic E-state index is 13.2. The summed E-state index contributed by atoms with van der Waals surface area (Å²) in [4.78, 5) is 0. The molecule has 1 aliphatic rings. The first-order valence-corrected chi connectivity index (χ1v) is 7.01. The van der Waals surface area contributed by atoms with Crippen LogP contribution in [0.1, 0.15) is 37.5 Å². The van der Waals surface area contributed by atoms with E-state index >= 15 is 0 Å². The van der Waals surface area contributed by atoms with E-state index in [1.165, 1.54) is 12.1 Å². The fourth-order valence-electron chi connectivity index (χ4n) is 3.03. The van der Waals surface area contributed by atoms with E-state index in [0.29, 0.717) is 29.6 Å². The number of benzene rings is 1. The number of hydrogen-bond acceptors (Lipinski definition) is 3. The Labute approximate surface area is 120 Å². The first-order valence-electron chi connectivity index (χ1n) is 7.01. The van der Waals surface area contributed by atoms with Crippen LogP contribution < -0.4 is 11.3 Å². The van der Waals surface area contributed by atoms with E-state index in [-0.39, 0.29) is 30.6 Å². The van der Waals surface area contributed by atoms with Crippen molar-refractivity contribution in [1.29, 1.82) is 0 Å². The normalized spacial score (nSPS) is 20.8. The van der Waals surface area contributed by atoms with Gasteiger partial charge in [-0.05, 0) is 43.0 Å². The Hall–Kier alpha value is -1.53. The zero-order chi connectivity index (χ0) is 15.0. The van der Waals surface area contributed by atoms with Crippen LogP contribution in [0.25, 0.3) is 11.0 Å². The van der Waals surface area contributed by atoms with Gasteiger partial charge in [0.1, 0.15) is 17.2 Å². The van der Waals surface area contributed by atoms with Gasteiger partial charge in [-0.2, -0.15) is 0 Å². The summed E-state index contributed by atoms with van der Waals surface area (Å²) < 4.78 is 45.4. The highest BCUT2D eigenvalue weighted by Crippen LogP contribution is 2.41. The Morgan fingerprint density at radius 1 is 1.24 bits per heavy atom. The van der Waals surface area contributed by atoms with Crippen molar-refractivity contribution < 1.29 is 17.6 Å². The van der Waals surface area contributed by atoms with Crippen LogP contribution in [0.2, 0.25) is 0 Å². The number of alkyl halides is 2. The van der Waals surface area contributed by atoms with Crippen LogP contribution in [0, 0.1) is 11.7 Å². The molecule has 1 unspecified atom stereocenters. The van der Waals surface area contributed by atoms with Gasteiger partial charge in [-0.25, -0.2) is 18.6 Å². The van der Waals surface area contributed by atoms with Gasteiger partial charge in [0.2, 0.25) is 5.92 Å². The second-order valence-electron chi connectivity index (χ2n) is 5.67. The fraction of sp³-hybridized carbons (Fsp3) is 0.467. The van der Waals surface area contributed by atoms with Crippen molar-refractivity contribution in [2.45, 2.75) is 37.6 Å². The molecule has 0 radical (unpaired) electrons. The molecule has 1 saturated carbocycles. The summed E-state index contributed by atoms with van der Waals surface area (Å²) in [7, 11) is 0. The van der Waals surface area contributed by atoms with Gasteiger partial charge in [-0.3, -0.25) is 5.84 Å². The zero-order valence-electron chi connectivity index (χ0n) is 11.4. The Morgan fingerprint density at radius 3 is 2.62 bits per heavy atom. The van der Waals surface area contributed by atoms with E-state index in [2.05, 4.69) is 5.43 Å². The van der Waals surface area contributed by atoms with Crippen LogP contribution >= 0.6 is 0 Å². The topological polar surface area (TPSA) is 51.2 Å². The lowest BCUT2D eigenvalue weighted by molar-refractivity contribution is -0.0505. The van der Waals surface area contributed by atoms with Gasteiger partial charge in [0.25, 0.3) is 0 Å². The predicted octanol–water partition coefficient (Wildman–Crippen LogP) is 3.90. The molecule has 3 rings (SSSR count). The average molecular weight is 298 g/mol. The lowest BCUT2D eigenvalue weighted by atomic mass is 9.81. The Bertz CT molecular complexity index is 631. The number of nitrogens with one attached hydrogen (secondary N) is 1. The summed E-state index contributed by atoms with van der Waals surface area (Å²) in [6.07, 6.45) is 0.496. The van der Waals surface area contributed by atoms with E-state index < -0.39 is 5.92 Å². The number of halogens is 3. The molecule has 114 valence electrons. The van der Waals surface area contributed by atoms with E-state index in [1.54, 1.807) is 12.1 Å². The smallest absolute Gasteiger partial charge is 0.248 e. The van der Waals surface area contributed by atoms with Crippen LogP contribution in [-0.4, -0.2) is 5.92 Å². The van der Waals surface area contributed by atoms with Gasteiger partial charge in [-0.15, -0.1) is 0 Å². The molecule has 1 atom stereocenters. The molecular weight excluding hydrogens is 281 g/mol. The third-order valence-electron chi connectivity index (χ3n) is 4.22. The SMILES string of the molecule is NNC(c1cc2cc(F)ccc2o1)C1CCC(F)(F)CC1. The molecule has 1 aliphatic carbocycles. The van der Waals surface area contributed by atoms with Crippen molar-refractivity contribution >= 4 is 11.0 Å². The van der Waals surface area contributed by atoms with Gasteiger partial charge in [-0.1, -0.05) is 0 Å². The Kier molecular flexibility index (Phi) is 3.67. The van der Waals surface area contributed by atoms with Gasteiger partial charge < -0.3 is 4.42 Å². The molecule has 3 N–H and O–H groups in total. The third kappa shape index (κ3) is 2.91. The second-order valence-corrected chi connectivity index (χ2v) is 5.67. The molecule has 0 aliphatic heterocycles. The molecule has 0 saturated heterocycles. The minimum absolute atomic E-state index is 0.0139. The standard InChI is InChI=1S/C15H17F3N2O/c16-11-1-2-12-10(7-11)8-13(21-12)14(20-19)9-3-5-15(17,18)6-4-9/h1-2,7-9,14,20H,3-6,19H2. The van der Waals surface area contributed by atoms with Crippen LogP contribution in [0.3, 0.4) is 0 Å². The van der Waals surface area contributed by atoms with Gasteiger partial charge in [0, 0.05) is 18.2 Å². The minimum Gasteiger partial charge on any atom is -0.459 e. The summed E-state index contributed by atoms with van der Waals surface area (Å²) in [5.41, 5.74) is 3.22. The number of nitrogens with two attached hydrogens (primary N) is 1. The molecule has 0 spiro atoms. The van der Waals surface area contributed by atoms with Gasteiger partial charge in [0.05, 0.1) is 6.04 Å². The Morgan fingerprint density at radius 2 is 1.95 bits per heavy atom. The largest absolute Gasteiger partial charge is 0.459 e. The molecule has 1 aromatic heterocycles. The van der Waals surface area contributed by atoms with Crippen molar-refractivity contribution in [3.63, 3.8) is 0 Å². The first-order chi connectivity index (χ1) is 9.98. The van der Waals surface area contributed by atoms with Crippen molar-refractivity contribution in [2.24, 2.45) is 11.8 Å². The maximum atomic E-state index is 13.2. The number of hydrazine groups is 1. The second kappa shape index (κ2) is 5.35. The molecule has 2 aromatic rings. The monoisotopic (exact) mass is 298 g/mol. The van der Waals surface area contributed by atoms with Gasteiger partial charge >= 0.3 is 0 Å². The molecule has 3 nitrogen and oxygen atoms in total. The molecule has 0 bridgehead atoms. The van der Waals surface area contributed by atoms with Crippen LogP contribution in [0.4, 0.5) is 13.2 Å². The summed E-state index contributed by atoms with van der Waals surface area (Å²) >= 11 is 0. The van der Waals surface area contributed by atoms with Crippen molar-refractivity contribution in [1.82, 2.24) is 5.43 Å². The molecule has 6 heteroatoms. The molecular formula is C15H17F3N2O. The van der Waals surface area contributed by atoms with E-state index in [9.17, 15) is 13.2 Å². The van der Waals surface area contributed by atoms with Crippen LogP contribution in [0.15, 0.2) is 28.7 Å². The fourth-order valence-corrected chi connectivity index (χ4v) is 3.03. The summed E-state index contributed by atoms with van der Waals surface area (Å²) in [6, 6.07) is 5.63. The van der Waals surface area contributed by atoms with Crippen molar-refractivity contribution in [3.8, 4) is 0 Å². The summed E-state index contributed by atoms with van der Waals surface area (Å²) in [5.74, 6) is 3.21. The van der Waals surface area contributed by atoms with E-state index in [0.717, 1.165) is 0 Å². The predicted molar refractivity (Wildman–Crippen MR) is 73.1 cm³/mol. The lowest BCUT2D eigenvalue weighted by Gasteiger charge is -2.32. The van der Waals surface area contributed by atoms with Crippen molar-refractivity contribution in [3.05, 3.63) is 35.8 Å². The zero-order valence-corrected chi connectivity index (χ0v) is 11.4. The summed E-state index contributed by atoms with van der Waals surface area (Å²) in [5, 5.41) is 0.645. The number of rotatable bonds is 3. The molecule has 1 fully saturated rings. The Balaban J connectivity index is 1.84. The third-order valence-corrected chi connectivity index (χ3v) is 4.22. The molecule has 1 aromatic carbocycles. The van der Waals surface area contributed by atoms with Crippen LogP contribution in [-0.2, 0) is 0 Å². The highest BCUT2D eigenvalue weighted by Gasteiger charge is 2.38. The number of hydrogen-bond donors (Lipinski definition) is 2. The van der Waals surface area contributed by atoms with Gasteiger partial charge in [0.15, 0.2) is 0 Å². The summed E-state index contributed by atoms with van der Waals surface area (Å²) in [6.45, 7) is 0. The number of fused-ring (bicyclic) bond motifs is 1. The maximum Gasteiger partial charge on any atom is 0.248 e. The van der Waals surface area contributed by atoms with E-state index in [4.69, 9.17) is 10.3 Å². The van der Waals surface area contributed by atoms with E-state index in [1.807, 2.05) is 0 Å². The highest BCUT2D eigenvalue weighted by atomic mass is 19.3. The molecule has 21 heavy (non-hydrogen) atoms. The average Bonchev–Trinajstić information content (AvgIpc) is 2.84.